The molecule has 0 fully saturated rings. The molecule has 1 unspecified atom stereocenters. The van der Waals surface area contributed by atoms with E-state index in [-0.39, 0.29) is 30.8 Å². The Bertz CT molecular complexity index is 1080. The summed E-state index contributed by atoms with van der Waals surface area (Å²) in [7, 11) is 1.46. The average Bonchev–Trinajstić information content (AvgIpc) is 2.78. The number of carbonyl (C=O) groups is 1. The Kier molecular flexibility index (Phi) is 9.56. The third-order valence-corrected chi connectivity index (χ3v) is 5.64. The van der Waals surface area contributed by atoms with Crippen LogP contribution in [0.15, 0.2) is 46.5 Å². The summed E-state index contributed by atoms with van der Waals surface area (Å²) in [5.41, 5.74) is 0.692. The van der Waals surface area contributed by atoms with Crippen LogP contribution >= 0.6 is 0 Å². The Morgan fingerprint density at radius 2 is 2.03 bits per heavy atom. The van der Waals surface area contributed by atoms with Gasteiger partial charge in [-0.2, -0.15) is 18.4 Å². The summed E-state index contributed by atoms with van der Waals surface area (Å²) in [6.07, 6.45) is -0.527. The molecule has 1 aliphatic carbocycles. The van der Waals surface area contributed by atoms with Gasteiger partial charge in [0.15, 0.2) is 6.19 Å². The van der Waals surface area contributed by atoms with Crippen LogP contribution in [-0.4, -0.2) is 54.9 Å². The van der Waals surface area contributed by atoms with Crippen LogP contribution in [0.4, 0.5) is 13.2 Å². The first-order valence-corrected chi connectivity index (χ1v) is 11.6. The molecule has 0 amide bonds. The van der Waals surface area contributed by atoms with Gasteiger partial charge in [-0.15, -0.1) is 0 Å². The Morgan fingerprint density at radius 3 is 2.56 bits per heavy atom. The molecular formula is C26H33F3N4O3. The zero-order chi connectivity index (χ0) is 27.1. The molecule has 0 aromatic heterocycles. The van der Waals surface area contributed by atoms with Crippen molar-refractivity contribution in [3.63, 3.8) is 0 Å². The summed E-state index contributed by atoms with van der Waals surface area (Å²) in [6, 6.07) is 4.95. The lowest BCUT2D eigenvalue weighted by Crippen LogP contribution is -2.42. The van der Waals surface area contributed by atoms with E-state index in [1.54, 1.807) is 23.1 Å². The SMILES string of the molecule is CCN(CC1=CC(C(F)(F)F)=CCC1c1cc(CC(=O)O)ccc1OC)C(=NCC(C)(C)C)NC#N. The van der Waals surface area contributed by atoms with E-state index >= 15 is 0 Å². The molecule has 2 N–H and O–H groups in total. The van der Waals surface area contributed by atoms with E-state index in [1.807, 2.05) is 33.9 Å². The number of carboxylic acids is 1. The topological polar surface area (TPSA) is 98.0 Å². The molecule has 0 heterocycles. The standard InChI is InChI=1S/C26H33F3N4O3/c1-6-33(24(32-16-30)31-15-25(2,3)4)14-18-13-19(26(27,28)29)8-9-20(18)21-11-17(12-23(34)35)7-10-22(21)36-5/h7-8,10-11,13,20H,6,9,12,14-15H2,1-5H3,(H,31,32)(H,34,35). The lowest BCUT2D eigenvalue weighted by molar-refractivity contribution is -0.136. The van der Waals surface area contributed by atoms with Gasteiger partial charge < -0.3 is 14.7 Å². The number of nitrogens with zero attached hydrogens (tertiary/aromatic N) is 3. The van der Waals surface area contributed by atoms with Crippen molar-refractivity contribution in [2.24, 2.45) is 10.4 Å². The maximum Gasteiger partial charge on any atom is 0.416 e. The molecule has 0 saturated carbocycles. The highest BCUT2D eigenvalue weighted by Crippen LogP contribution is 2.42. The van der Waals surface area contributed by atoms with E-state index in [0.29, 0.717) is 35.5 Å². The zero-order valence-electron chi connectivity index (χ0n) is 21.2. The van der Waals surface area contributed by atoms with Crippen LogP contribution in [0.3, 0.4) is 0 Å². The fraction of sp³-hybridized carbons (Fsp3) is 0.500. The van der Waals surface area contributed by atoms with Crippen LogP contribution in [0.2, 0.25) is 0 Å². The van der Waals surface area contributed by atoms with Crippen LogP contribution < -0.4 is 10.1 Å². The second kappa shape index (κ2) is 12.0. The number of ether oxygens (including phenoxy) is 1. The molecule has 0 saturated heterocycles. The lowest BCUT2D eigenvalue weighted by atomic mass is 9.81. The number of aliphatic carboxylic acids is 1. The first-order chi connectivity index (χ1) is 16.8. The lowest BCUT2D eigenvalue weighted by Gasteiger charge is -2.32. The number of methoxy groups -OCH3 is 1. The Morgan fingerprint density at radius 1 is 1.33 bits per heavy atom. The number of hydrogen-bond acceptors (Lipinski definition) is 4. The van der Waals surface area contributed by atoms with Crippen molar-refractivity contribution in [2.75, 3.05) is 26.7 Å². The van der Waals surface area contributed by atoms with Gasteiger partial charge in [0, 0.05) is 31.1 Å². The van der Waals surface area contributed by atoms with Crippen LogP contribution in [0, 0.1) is 16.9 Å². The first kappa shape index (κ1) is 28.8. The number of alkyl halides is 3. The van der Waals surface area contributed by atoms with E-state index in [9.17, 15) is 28.3 Å². The average molecular weight is 507 g/mol. The van der Waals surface area contributed by atoms with E-state index in [1.165, 1.54) is 7.11 Å². The van der Waals surface area contributed by atoms with E-state index in [0.717, 1.165) is 12.2 Å². The quantitative estimate of drug-likeness (QED) is 0.222. The number of nitrogens with one attached hydrogen (secondary N) is 1. The summed E-state index contributed by atoms with van der Waals surface area (Å²) in [6.45, 7) is 8.70. The van der Waals surface area contributed by atoms with Gasteiger partial charge in [-0.1, -0.05) is 39.0 Å². The molecule has 0 aliphatic heterocycles. The van der Waals surface area contributed by atoms with Crippen molar-refractivity contribution >= 4 is 11.9 Å². The molecule has 0 radical (unpaired) electrons. The van der Waals surface area contributed by atoms with Crippen LogP contribution in [-0.2, 0) is 11.2 Å². The van der Waals surface area contributed by atoms with Crippen LogP contribution in [0.25, 0.3) is 0 Å². The second-order valence-electron chi connectivity index (χ2n) is 9.76. The predicted octanol–water partition coefficient (Wildman–Crippen LogP) is 5.02. The number of rotatable bonds is 8. The van der Waals surface area contributed by atoms with E-state index in [4.69, 9.17) is 4.74 Å². The monoisotopic (exact) mass is 506 g/mol. The number of nitriles is 1. The Balaban J connectivity index is 2.56. The number of allylic oxidation sites excluding steroid dienone is 3. The molecule has 196 valence electrons. The predicted molar refractivity (Wildman–Crippen MR) is 132 cm³/mol. The van der Waals surface area contributed by atoms with Crippen LogP contribution in [0.5, 0.6) is 5.75 Å². The minimum absolute atomic E-state index is 0.0608. The molecule has 1 aliphatic rings. The second-order valence-corrected chi connectivity index (χ2v) is 9.76. The minimum Gasteiger partial charge on any atom is -0.496 e. The number of guanidine groups is 1. The summed E-state index contributed by atoms with van der Waals surface area (Å²) in [4.78, 5) is 17.5. The summed E-state index contributed by atoms with van der Waals surface area (Å²) >= 11 is 0. The van der Waals surface area contributed by atoms with Crippen molar-refractivity contribution < 1.29 is 27.8 Å². The largest absolute Gasteiger partial charge is 0.496 e. The fourth-order valence-corrected chi connectivity index (χ4v) is 3.91. The minimum atomic E-state index is -4.52. The molecule has 0 spiro atoms. The molecule has 7 nitrogen and oxygen atoms in total. The molecule has 0 bridgehead atoms. The first-order valence-electron chi connectivity index (χ1n) is 11.6. The van der Waals surface area contributed by atoms with Gasteiger partial charge in [-0.25, -0.2) is 0 Å². The van der Waals surface area contributed by atoms with E-state index < -0.39 is 23.6 Å². The maximum atomic E-state index is 13.7. The van der Waals surface area contributed by atoms with Gasteiger partial charge in [0.05, 0.1) is 19.1 Å². The molecule has 36 heavy (non-hydrogen) atoms. The third-order valence-electron chi connectivity index (χ3n) is 5.64. The van der Waals surface area contributed by atoms with Gasteiger partial charge in [-0.05, 0) is 42.0 Å². The normalized spacial score (nSPS) is 16.5. The van der Waals surface area contributed by atoms with Gasteiger partial charge >= 0.3 is 12.1 Å². The molecule has 1 atom stereocenters. The molecular weight excluding hydrogens is 473 g/mol. The maximum absolute atomic E-state index is 13.7. The smallest absolute Gasteiger partial charge is 0.416 e. The van der Waals surface area contributed by atoms with Crippen molar-refractivity contribution in [1.29, 1.82) is 5.26 Å². The van der Waals surface area contributed by atoms with Crippen molar-refractivity contribution in [3.8, 4) is 11.9 Å². The Hall–Kier alpha value is -3.48. The molecule has 2 rings (SSSR count). The number of likely N-dealkylation sites (N-methyl/N-ethyl adjacent to an activating group) is 1. The van der Waals surface area contributed by atoms with Crippen molar-refractivity contribution in [1.82, 2.24) is 10.2 Å². The van der Waals surface area contributed by atoms with E-state index in [2.05, 4.69) is 10.3 Å². The molecule has 10 heteroatoms. The summed E-state index contributed by atoms with van der Waals surface area (Å²) < 4.78 is 46.4. The number of hydrogen-bond donors (Lipinski definition) is 2. The summed E-state index contributed by atoms with van der Waals surface area (Å²) in [5, 5.41) is 21.0. The van der Waals surface area contributed by atoms with Crippen molar-refractivity contribution in [3.05, 3.63) is 52.6 Å². The van der Waals surface area contributed by atoms with Gasteiger partial charge in [-0.3, -0.25) is 15.1 Å². The number of halogens is 3. The highest BCUT2D eigenvalue weighted by atomic mass is 19.4. The number of carboxylic acid groups (broad SMARTS) is 1. The highest BCUT2D eigenvalue weighted by molar-refractivity contribution is 5.81. The van der Waals surface area contributed by atoms with Crippen LogP contribution in [0.1, 0.15) is 51.2 Å². The molecule has 1 aromatic carbocycles. The van der Waals surface area contributed by atoms with Crippen molar-refractivity contribution in [2.45, 2.75) is 52.6 Å². The fourth-order valence-electron chi connectivity index (χ4n) is 3.91. The zero-order valence-corrected chi connectivity index (χ0v) is 21.2. The number of benzene rings is 1. The highest BCUT2D eigenvalue weighted by Gasteiger charge is 2.36. The number of aliphatic imine (C=N–C) groups is 1. The van der Waals surface area contributed by atoms with Gasteiger partial charge in [0.1, 0.15) is 5.75 Å². The Labute approximate surface area is 210 Å². The molecule has 1 aromatic rings. The van der Waals surface area contributed by atoms with Gasteiger partial charge in [0.25, 0.3) is 0 Å². The summed E-state index contributed by atoms with van der Waals surface area (Å²) in [5.74, 6) is -0.753. The third kappa shape index (κ3) is 8.04. The van der Waals surface area contributed by atoms with Gasteiger partial charge in [0.2, 0.25) is 5.96 Å².